The SMILES string of the molecule is O=C(COc1ccc(Cl)cc1)NC12CC1(COC(=O)Nc1ccc(Cl)c(F)c1)C2. The van der Waals surface area contributed by atoms with Crippen LogP contribution in [0.4, 0.5) is 14.9 Å². The molecular weight excluding hydrogens is 422 g/mol. The van der Waals surface area contributed by atoms with E-state index in [4.69, 9.17) is 32.7 Å². The van der Waals surface area contributed by atoms with E-state index in [1.54, 1.807) is 24.3 Å². The van der Waals surface area contributed by atoms with Gasteiger partial charge in [-0.25, -0.2) is 9.18 Å². The molecule has 0 spiro atoms. The minimum Gasteiger partial charge on any atom is -0.484 e. The first-order valence-electron chi connectivity index (χ1n) is 8.89. The first kappa shape index (κ1) is 19.8. The predicted molar refractivity (Wildman–Crippen MR) is 106 cm³/mol. The molecule has 2 N–H and O–H groups in total. The van der Waals surface area contributed by atoms with Crippen LogP contribution in [0.5, 0.6) is 5.75 Å². The van der Waals surface area contributed by atoms with E-state index in [1.165, 1.54) is 12.1 Å². The molecule has 0 saturated heterocycles. The molecule has 9 heteroatoms. The second kappa shape index (κ2) is 7.39. The van der Waals surface area contributed by atoms with Gasteiger partial charge in [0.1, 0.15) is 18.2 Å². The van der Waals surface area contributed by atoms with Crippen molar-refractivity contribution in [1.82, 2.24) is 5.32 Å². The zero-order chi connectivity index (χ0) is 20.6. The first-order chi connectivity index (χ1) is 13.8. The lowest BCUT2D eigenvalue weighted by molar-refractivity contribution is -0.123. The van der Waals surface area contributed by atoms with Crippen LogP contribution in [0, 0.1) is 11.2 Å². The Bertz CT molecular complexity index is 961. The van der Waals surface area contributed by atoms with Gasteiger partial charge in [0.25, 0.3) is 5.91 Å². The standard InChI is InChI=1S/C20H17Cl2FN2O4/c21-12-1-4-14(5-2-12)28-8-17(26)25-20-9-19(20,10-20)11-29-18(27)24-13-3-6-15(22)16(23)7-13/h1-7H,8-11H2,(H,24,27)(H,25,26). The van der Waals surface area contributed by atoms with E-state index in [0.29, 0.717) is 10.8 Å². The van der Waals surface area contributed by atoms with Crippen LogP contribution in [0.1, 0.15) is 12.8 Å². The third-order valence-electron chi connectivity index (χ3n) is 5.25. The molecule has 2 aromatic rings. The zero-order valence-corrected chi connectivity index (χ0v) is 16.6. The van der Waals surface area contributed by atoms with Crippen molar-refractivity contribution in [3.05, 3.63) is 58.3 Å². The Morgan fingerprint density at radius 2 is 1.83 bits per heavy atom. The highest BCUT2D eigenvalue weighted by atomic mass is 35.5. The van der Waals surface area contributed by atoms with Gasteiger partial charge in [0.2, 0.25) is 0 Å². The molecule has 29 heavy (non-hydrogen) atoms. The van der Waals surface area contributed by atoms with E-state index in [-0.39, 0.29) is 40.8 Å². The van der Waals surface area contributed by atoms with Crippen molar-refractivity contribution >= 4 is 40.9 Å². The van der Waals surface area contributed by atoms with Gasteiger partial charge in [0.15, 0.2) is 6.61 Å². The normalized spacial score (nSPS) is 23.6. The summed E-state index contributed by atoms with van der Waals surface area (Å²) >= 11 is 11.4. The number of rotatable bonds is 7. The number of ether oxygens (including phenoxy) is 2. The van der Waals surface area contributed by atoms with Crippen LogP contribution >= 0.6 is 23.2 Å². The Hall–Kier alpha value is -2.51. The van der Waals surface area contributed by atoms with Crippen molar-refractivity contribution in [1.29, 1.82) is 0 Å². The van der Waals surface area contributed by atoms with Gasteiger partial charge < -0.3 is 14.8 Å². The van der Waals surface area contributed by atoms with E-state index in [2.05, 4.69) is 10.6 Å². The van der Waals surface area contributed by atoms with Crippen LogP contribution in [-0.2, 0) is 9.53 Å². The fraction of sp³-hybridized carbons (Fsp3) is 0.300. The van der Waals surface area contributed by atoms with Crippen LogP contribution in [0.25, 0.3) is 0 Å². The van der Waals surface area contributed by atoms with Crippen LogP contribution in [0.3, 0.4) is 0 Å². The molecule has 0 unspecified atom stereocenters. The average molecular weight is 439 g/mol. The van der Waals surface area contributed by atoms with Crippen LogP contribution in [-0.4, -0.2) is 30.8 Å². The lowest BCUT2D eigenvalue weighted by Gasteiger charge is -2.09. The Balaban J connectivity index is 1.19. The van der Waals surface area contributed by atoms with Gasteiger partial charge in [-0.3, -0.25) is 10.1 Å². The molecule has 0 heterocycles. The molecule has 2 saturated carbocycles. The van der Waals surface area contributed by atoms with Gasteiger partial charge in [-0.1, -0.05) is 23.2 Å². The van der Waals surface area contributed by atoms with Crippen molar-refractivity contribution in [2.24, 2.45) is 5.41 Å². The number of nitrogens with one attached hydrogen (secondary N) is 2. The van der Waals surface area contributed by atoms with Gasteiger partial charge in [-0.2, -0.15) is 0 Å². The average Bonchev–Trinajstić information content (AvgIpc) is 3.48. The summed E-state index contributed by atoms with van der Waals surface area (Å²) in [5, 5.41) is 5.96. The molecule has 2 amide bonds. The molecule has 152 valence electrons. The molecule has 2 aromatic carbocycles. The predicted octanol–water partition coefficient (Wildman–Crippen LogP) is 4.41. The monoisotopic (exact) mass is 438 g/mol. The number of benzene rings is 2. The van der Waals surface area contributed by atoms with Crippen LogP contribution < -0.4 is 15.4 Å². The summed E-state index contributed by atoms with van der Waals surface area (Å²) in [6.07, 6.45) is 0.802. The summed E-state index contributed by atoms with van der Waals surface area (Å²) in [5.41, 5.74) is -0.286. The second-order valence-electron chi connectivity index (χ2n) is 7.34. The Morgan fingerprint density at radius 3 is 2.52 bits per heavy atom. The molecule has 4 rings (SSSR count). The summed E-state index contributed by atoms with van der Waals surface area (Å²) in [5.74, 6) is -0.311. The van der Waals surface area contributed by atoms with Crippen molar-refractivity contribution in [2.45, 2.75) is 18.4 Å². The Labute approximate surface area is 176 Å². The quantitative estimate of drug-likeness (QED) is 0.670. The van der Waals surface area contributed by atoms with Crippen molar-refractivity contribution in [3.8, 4) is 5.75 Å². The second-order valence-corrected chi connectivity index (χ2v) is 8.18. The molecule has 2 aliphatic rings. The number of anilines is 1. The zero-order valence-electron chi connectivity index (χ0n) is 15.1. The largest absolute Gasteiger partial charge is 0.484 e. The maximum atomic E-state index is 13.4. The molecule has 2 fully saturated rings. The van der Waals surface area contributed by atoms with Crippen molar-refractivity contribution in [3.63, 3.8) is 0 Å². The van der Waals surface area contributed by atoms with E-state index < -0.39 is 11.9 Å². The number of hydrogen-bond acceptors (Lipinski definition) is 4. The molecule has 6 nitrogen and oxygen atoms in total. The highest BCUT2D eigenvalue weighted by Gasteiger charge is 2.84. The summed E-state index contributed by atoms with van der Waals surface area (Å²) in [4.78, 5) is 24.0. The summed E-state index contributed by atoms with van der Waals surface area (Å²) in [7, 11) is 0. The van der Waals surface area contributed by atoms with E-state index in [1.807, 2.05) is 0 Å². The maximum absolute atomic E-state index is 13.4. The molecule has 0 atom stereocenters. The summed E-state index contributed by atoms with van der Waals surface area (Å²) in [6.45, 7) is 0.0656. The highest BCUT2D eigenvalue weighted by molar-refractivity contribution is 6.31. The number of carbonyl (C=O) groups excluding carboxylic acids is 2. The third-order valence-corrected chi connectivity index (χ3v) is 5.81. The first-order valence-corrected chi connectivity index (χ1v) is 9.65. The fourth-order valence-corrected chi connectivity index (χ4v) is 3.63. The minimum absolute atomic E-state index is 0.0284. The van der Waals surface area contributed by atoms with E-state index in [9.17, 15) is 14.0 Å². The Kier molecular flexibility index (Phi) is 5.04. The number of halogens is 3. The molecular formula is C20H17Cl2FN2O4. The van der Waals surface area contributed by atoms with Crippen LogP contribution in [0.15, 0.2) is 42.5 Å². The number of carbonyl (C=O) groups is 2. The molecule has 0 bridgehead atoms. The van der Waals surface area contributed by atoms with Gasteiger partial charge in [0, 0.05) is 16.1 Å². The van der Waals surface area contributed by atoms with Crippen LogP contribution in [0.2, 0.25) is 10.0 Å². The van der Waals surface area contributed by atoms with E-state index in [0.717, 1.165) is 18.9 Å². The Morgan fingerprint density at radius 1 is 1.10 bits per heavy atom. The maximum Gasteiger partial charge on any atom is 0.411 e. The lowest BCUT2D eigenvalue weighted by Crippen LogP contribution is -2.34. The van der Waals surface area contributed by atoms with Gasteiger partial charge >= 0.3 is 6.09 Å². The molecule has 0 aliphatic heterocycles. The topological polar surface area (TPSA) is 76.7 Å². The third kappa shape index (κ3) is 4.26. The van der Waals surface area contributed by atoms with Gasteiger partial charge in [-0.05, 0) is 55.3 Å². The van der Waals surface area contributed by atoms with Gasteiger partial charge in [-0.15, -0.1) is 0 Å². The summed E-state index contributed by atoms with van der Waals surface area (Å²) < 4.78 is 24.1. The molecule has 0 radical (unpaired) electrons. The number of hydrogen-bond donors (Lipinski definition) is 2. The fourth-order valence-electron chi connectivity index (χ4n) is 3.39. The molecule has 2 aliphatic carbocycles. The smallest absolute Gasteiger partial charge is 0.411 e. The minimum atomic E-state index is -0.689. The highest BCUT2D eigenvalue weighted by Crippen LogP contribution is 2.78. The number of fused-ring (bicyclic) bond motifs is 1. The number of amides is 2. The lowest BCUT2D eigenvalue weighted by atomic mass is 10.2. The van der Waals surface area contributed by atoms with E-state index >= 15 is 0 Å². The van der Waals surface area contributed by atoms with Crippen molar-refractivity contribution < 1.29 is 23.5 Å². The summed E-state index contributed by atoms with van der Waals surface area (Å²) in [6, 6.07) is 10.7. The van der Waals surface area contributed by atoms with Gasteiger partial charge in [0.05, 0.1) is 10.6 Å². The molecule has 0 aromatic heterocycles. The van der Waals surface area contributed by atoms with Crippen molar-refractivity contribution in [2.75, 3.05) is 18.5 Å².